The maximum atomic E-state index is 13.6. The molecular weight excluding hydrogens is 253 g/mol. The van der Waals surface area contributed by atoms with E-state index in [1.165, 1.54) is 18.2 Å². The molecule has 94 valence electrons. The van der Waals surface area contributed by atoms with Crippen molar-refractivity contribution in [2.45, 2.75) is 35.3 Å². The molecule has 1 aromatic rings. The van der Waals surface area contributed by atoms with Gasteiger partial charge in [-0.05, 0) is 43.2 Å². The van der Waals surface area contributed by atoms with E-state index in [0.717, 1.165) is 18.9 Å². The van der Waals surface area contributed by atoms with Crippen LogP contribution in [0.5, 0.6) is 0 Å². The van der Waals surface area contributed by atoms with Crippen molar-refractivity contribution in [1.29, 1.82) is 5.26 Å². The van der Waals surface area contributed by atoms with E-state index in [0.29, 0.717) is 12.8 Å². The van der Waals surface area contributed by atoms with Gasteiger partial charge in [0.2, 0.25) is 0 Å². The molecule has 0 aromatic heterocycles. The van der Waals surface area contributed by atoms with Gasteiger partial charge >= 0.3 is 0 Å². The molecule has 0 amide bonds. The summed E-state index contributed by atoms with van der Waals surface area (Å²) in [5.74, 6) is -0.774. The van der Waals surface area contributed by atoms with E-state index < -0.39 is 20.4 Å². The molecule has 18 heavy (non-hydrogen) atoms. The van der Waals surface area contributed by atoms with Crippen molar-refractivity contribution in [2.24, 2.45) is 5.41 Å². The van der Waals surface area contributed by atoms with Gasteiger partial charge in [0.05, 0.1) is 6.07 Å². The standard InChI is InChI=1S/C13H12FNO2S/c14-10-3-1-2-4-11(10)18(16,17)13(9-15)7-12(8-13)5-6-12/h1-4H,5-8H2. The Labute approximate surface area is 105 Å². The fraction of sp³-hybridized carbons (Fsp3) is 0.462. The molecule has 0 saturated heterocycles. The summed E-state index contributed by atoms with van der Waals surface area (Å²) in [7, 11) is -3.91. The Morgan fingerprint density at radius 3 is 2.33 bits per heavy atom. The van der Waals surface area contributed by atoms with Crippen molar-refractivity contribution in [3.8, 4) is 6.07 Å². The first-order chi connectivity index (χ1) is 8.45. The van der Waals surface area contributed by atoms with Crippen LogP contribution in [0.3, 0.4) is 0 Å². The topological polar surface area (TPSA) is 57.9 Å². The van der Waals surface area contributed by atoms with Crippen molar-refractivity contribution in [2.75, 3.05) is 0 Å². The molecule has 5 heteroatoms. The van der Waals surface area contributed by atoms with Crippen molar-refractivity contribution < 1.29 is 12.8 Å². The molecule has 1 aromatic carbocycles. The van der Waals surface area contributed by atoms with Crippen LogP contribution in [0.25, 0.3) is 0 Å². The molecule has 3 rings (SSSR count). The van der Waals surface area contributed by atoms with Crippen LogP contribution in [0.4, 0.5) is 4.39 Å². The Kier molecular flexibility index (Phi) is 2.16. The van der Waals surface area contributed by atoms with E-state index in [1.54, 1.807) is 0 Å². The number of nitrogens with zero attached hydrogens (tertiary/aromatic N) is 1. The van der Waals surface area contributed by atoms with Gasteiger partial charge in [-0.3, -0.25) is 0 Å². The van der Waals surface area contributed by atoms with Crippen LogP contribution in [0.15, 0.2) is 29.2 Å². The number of sulfone groups is 1. The van der Waals surface area contributed by atoms with E-state index in [-0.39, 0.29) is 10.3 Å². The van der Waals surface area contributed by atoms with Crippen LogP contribution in [0.2, 0.25) is 0 Å². The number of halogens is 1. The number of benzene rings is 1. The molecule has 2 fully saturated rings. The highest BCUT2D eigenvalue weighted by atomic mass is 32.2. The molecule has 0 heterocycles. The van der Waals surface area contributed by atoms with Gasteiger partial charge in [-0.2, -0.15) is 5.26 Å². The molecule has 2 saturated carbocycles. The highest BCUT2D eigenvalue weighted by Crippen LogP contribution is 2.67. The van der Waals surface area contributed by atoms with Gasteiger partial charge in [-0.25, -0.2) is 12.8 Å². The van der Waals surface area contributed by atoms with Crippen LogP contribution >= 0.6 is 0 Å². The first-order valence-electron chi connectivity index (χ1n) is 5.85. The summed E-state index contributed by atoms with van der Waals surface area (Å²) in [6.07, 6.45) is 2.69. The molecule has 0 atom stereocenters. The first kappa shape index (κ1) is 11.7. The molecule has 0 bridgehead atoms. The average Bonchev–Trinajstić information content (AvgIpc) is 3.06. The summed E-state index contributed by atoms with van der Waals surface area (Å²) in [6.45, 7) is 0. The maximum absolute atomic E-state index is 13.6. The van der Waals surface area contributed by atoms with Crippen molar-refractivity contribution >= 4 is 9.84 Å². The van der Waals surface area contributed by atoms with Gasteiger partial charge in [-0.15, -0.1) is 0 Å². The number of hydrogen-bond donors (Lipinski definition) is 0. The van der Waals surface area contributed by atoms with Gasteiger partial charge in [0.1, 0.15) is 10.7 Å². The zero-order valence-corrected chi connectivity index (χ0v) is 10.5. The molecular formula is C13H12FNO2S. The Morgan fingerprint density at radius 2 is 1.83 bits per heavy atom. The van der Waals surface area contributed by atoms with Crippen molar-refractivity contribution in [1.82, 2.24) is 0 Å². The summed E-state index contributed by atoms with van der Waals surface area (Å²) in [5.41, 5.74) is 0.0635. The first-order valence-corrected chi connectivity index (χ1v) is 7.34. The van der Waals surface area contributed by atoms with Crippen molar-refractivity contribution in [3.63, 3.8) is 0 Å². The quantitative estimate of drug-likeness (QED) is 0.825. The van der Waals surface area contributed by atoms with Gasteiger partial charge in [-0.1, -0.05) is 12.1 Å². The predicted octanol–water partition coefficient (Wildman–Crippen LogP) is 2.44. The summed E-state index contributed by atoms with van der Waals surface area (Å²) in [6, 6.07) is 7.19. The third kappa shape index (κ3) is 1.36. The Bertz CT molecular complexity index is 648. The third-order valence-electron chi connectivity index (χ3n) is 4.12. The summed E-state index contributed by atoms with van der Waals surface area (Å²) in [4.78, 5) is -0.345. The maximum Gasteiger partial charge on any atom is 0.200 e. The molecule has 0 N–H and O–H groups in total. The molecule has 0 aliphatic heterocycles. The molecule has 2 aliphatic rings. The van der Waals surface area contributed by atoms with Crippen LogP contribution in [-0.2, 0) is 9.84 Å². The van der Waals surface area contributed by atoms with E-state index in [2.05, 4.69) is 0 Å². The third-order valence-corrected chi connectivity index (χ3v) is 6.44. The second-order valence-electron chi connectivity index (χ2n) is 5.39. The SMILES string of the molecule is N#CC1(S(=O)(=O)c2ccccc2F)CC2(CC2)C1. The Hall–Kier alpha value is -1.41. The Balaban J connectivity index is 2.06. The molecule has 2 aliphatic carbocycles. The minimum atomic E-state index is -3.91. The molecule has 0 unspecified atom stereocenters. The van der Waals surface area contributed by atoms with Crippen LogP contribution in [0, 0.1) is 22.6 Å². The van der Waals surface area contributed by atoms with E-state index in [4.69, 9.17) is 0 Å². The highest BCUT2D eigenvalue weighted by Gasteiger charge is 2.67. The van der Waals surface area contributed by atoms with Gasteiger partial charge in [0.15, 0.2) is 14.6 Å². The smallest absolute Gasteiger partial charge is 0.200 e. The fourth-order valence-electron chi connectivity index (χ4n) is 2.89. The normalized spacial score (nSPS) is 23.1. The number of nitriles is 1. The van der Waals surface area contributed by atoms with E-state index >= 15 is 0 Å². The van der Waals surface area contributed by atoms with E-state index in [9.17, 15) is 18.1 Å². The summed E-state index contributed by atoms with van der Waals surface area (Å²) < 4.78 is 37.1. The minimum absolute atomic E-state index is 0.0635. The second-order valence-corrected chi connectivity index (χ2v) is 7.62. The minimum Gasteiger partial charge on any atom is -0.222 e. The van der Waals surface area contributed by atoms with Crippen LogP contribution in [-0.4, -0.2) is 13.2 Å². The summed E-state index contributed by atoms with van der Waals surface area (Å²) in [5, 5.41) is 9.23. The van der Waals surface area contributed by atoms with Crippen molar-refractivity contribution in [3.05, 3.63) is 30.1 Å². The van der Waals surface area contributed by atoms with Crippen LogP contribution < -0.4 is 0 Å². The fourth-order valence-corrected chi connectivity index (χ4v) is 5.01. The zero-order valence-electron chi connectivity index (χ0n) is 9.69. The molecule has 1 spiro atoms. The Morgan fingerprint density at radius 1 is 1.22 bits per heavy atom. The lowest BCUT2D eigenvalue weighted by atomic mass is 9.72. The lowest BCUT2D eigenvalue weighted by Gasteiger charge is -2.42. The molecule has 0 radical (unpaired) electrons. The number of rotatable bonds is 2. The van der Waals surface area contributed by atoms with Gasteiger partial charge in [0.25, 0.3) is 0 Å². The largest absolute Gasteiger partial charge is 0.222 e. The van der Waals surface area contributed by atoms with Gasteiger partial charge in [0, 0.05) is 0 Å². The lowest BCUT2D eigenvalue weighted by molar-refractivity contribution is 0.238. The number of hydrogen-bond acceptors (Lipinski definition) is 3. The molecule has 3 nitrogen and oxygen atoms in total. The van der Waals surface area contributed by atoms with E-state index in [1.807, 2.05) is 6.07 Å². The lowest BCUT2D eigenvalue weighted by Crippen LogP contribution is -2.50. The van der Waals surface area contributed by atoms with Crippen LogP contribution in [0.1, 0.15) is 25.7 Å². The summed E-state index contributed by atoms with van der Waals surface area (Å²) >= 11 is 0. The zero-order chi connectivity index (χ0) is 13.0. The monoisotopic (exact) mass is 265 g/mol. The van der Waals surface area contributed by atoms with Gasteiger partial charge < -0.3 is 0 Å². The second kappa shape index (κ2) is 3.33. The average molecular weight is 265 g/mol. The predicted molar refractivity (Wildman–Crippen MR) is 62.8 cm³/mol. The highest BCUT2D eigenvalue weighted by molar-refractivity contribution is 7.93.